The Balaban J connectivity index is 1.70. The molecular weight excluding hydrogens is 182 g/mol. The van der Waals surface area contributed by atoms with Gasteiger partial charge in [0.05, 0.1) is 12.7 Å². The van der Waals surface area contributed by atoms with Gasteiger partial charge in [0.25, 0.3) is 0 Å². The second-order valence-electron chi connectivity index (χ2n) is 3.91. The maximum atomic E-state index is 9.00. The maximum Gasteiger partial charge on any atom is 0.0894 e. The van der Waals surface area contributed by atoms with Crippen LogP contribution in [0.3, 0.4) is 0 Å². The maximum absolute atomic E-state index is 9.00. The predicted molar refractivity (Wildman–Crippen MR) is 54.1 cm³/mol. The first-order valence-corrected chi connectivity index (χ1v) is 5.40. The summed E-state index contributed by atoms with van der Waals surface area (Å²) in [5, 5.41) is 20.6. The molecule has 1 fully saturated rings. The molecule has 0 amide bonds. The average Bonchev–Trinajstić information content (AvgIpc) is 2.99. The Labute approximate surface area is 85.3 Å². The first-order chi connectivity index (χ1) is 6.83. The van der Waals surface area contributed by atoms with Crippen LogP contribution in [0.1, 0.15) is 19.3 Å². The third-order valence-electron chi connectivity index (χ3n) is 2.28. The van der Waals surface area contributed by atoms with E-state index in [1.807, 2.05) is 0 Å². The SMILES string of the molecule is OC[C@@H](O)CNCCCOCC1CC1. The van der Waals surface area contributed by atoms with Crippen LogP contribution in [0.15, 0.2) is 0 Å². The predicted octanol–water partition coefficient (Wildman–Crippen LogP) is -0.254. The molecule has 3 N–H and O–H groups in total. The lowest BCUT2D eigenvalue weighted by Crippen LogP contribution is -2.30. The summed E-state index contributed by atoms with van der Waals surface area (Å²) in [6.45, 7) is 2.82. The number of hydrogen-bond acceptors (Lipinski definition) is 4. The summed E-state index contributed by atoms with van der Waals surface area (Å²) in [7, 11) is 0. The highest BCUT2D eigenvalue weighted by atomic mass is 16.5. The highest BCUT2D eigenvalue weighted by Crippen LogP contribution is 2.28. The van der Waals surface area contributed by atoms with Gasteiger partial charge in [0.1, 0.15) is 0 Å². The number of nitrogens with one attached hydrogen (secondary N) is 1. The molecular formula is C10H21NO3. The van der Waals surface area contributed by atoms with Gasteiger partial charge in [0, 0.05) is 19.8 Å². The molecule has 0 bridgehead atoms. The van der Waals surface area contributed by atoms with Crippen molar-refractivity contribution < 1.29 is 14.9 Å². The molecule has 4 nitrogen and oxygen atoms in total. The Morgan fingerprint density at radius 1 is 1.43 bits per heavy atom. The van der Waals surface area contributed by atoms with Crippen LogP contribution in [0, 0.1) is 5.92 Å². The van der Waals surface area contributed by atoms with E-state index in [1.165, 1.54) is 12.8 Å². The van der Waals surface area contributed by atoms with Crippen molar-refractivity contribution in [1.29, 1.82) is 0 Å². The summed E-state index contributed by atoms with van der Waals surface area (Å²) in [5.41, 5.74) is 0. The number of aliphatic hydroxyl groups excluding tert-OH is 2. The quantitative estimate of drug-likeness (QED) is 0.452. The van der Waals surface area contributed by atoms with Gasteiger partial charge in [-0.3, -0.25) is 0 Å². The number of hydrogen-bond donors (Lipinski definition) is 3. The van der Waals surface area contributed by atoms with Crippen molar-refractivity contribution in [3.8, 4) is 0 Å². The van der Waals surface area contributed by atoms with Crippen LogP contribution in [0.5, 0.6) is 0 Å². The van der Waals surface area contributed by atoms with Crippen molar-refractivity contribution in [2.45, 2.75) is 25.4 Å². The van der Waals surface area contributed by atoms with E-state index in [9.17, 15) is 0 Å². The van der Waals surface area contributed by atoms with E-state index in [0.717, 1.165) is 32.1 Å². The monoisotopic (exact) mass is 203 g/mol. The van der Waals surface area contributed by atoms with Crippen LogP contribution in [0.25, 0.3) is 0 Å². The smallest absolute Gasteiger partial charge is 0.0894 e. The molecule has 0 spiro atoms. The minimum Gasteiger partial charge on any atom is -0.394 e. The number of ether oxygens (including phenoxy) is 1. The Kier molecular flexibility index (Phi) is 6.10. The van der Waals surface area contributed by atoms with E-state index >= 15 is 0 Å². The molecule has 0 aromatic carbocycles. The molecule has 1 saturated carbocycles. The van der Waals surface area contributed by atoms with Crippen LogP contribution in [-0.2, 0) is 4.74 Å². The Bertz CT molecular complexity index is 139. The average molecular weight is 203 g/mol. The molecule has 1 aliphatic carbocycles. The van der Waals surface area contributed by atoms with E-state index in [-0.39, 0.29) is 6.61 Å². The second kappa shape index (κ2) is 7.17. The zero-order valence-corrected chi connectivity index (χ0v) is 8.61. The summed E-state index contributed by atoms with van der Waals surface area (Å²) in [4.78, 5) is 0. The van der Waals surface area contributed by atoms with Crippen molar-refractivity contribution in [1.82, 2.24) is 5.32 Å². The topological polar surface area (TPSA) is 61.7 Å². The fourth-order valence-corrected chi connectivity index (χ4v) is 1.17. The van der Waals surface area contributed by atoms with E-state index in [2.05, 4.69) is 5.32 Å². The van der Waals surface area contributed by atoms with Gasteiger partial charge in [-0.2, -0.15) is 0 Å². The molecule has 0 heterocycles. The highest BCUT2D eigenvalue weighted by molar-refractivity contribution is 4.71. The zero-order chi connectivity index (χ0) is 10.2. The molecule has 1 atom stereocenters. The lowest BCUT2D eigenvalue weighted by Gasteiger charge is -2.08. The first-order valence-electron chi connectivity index (χ1n) is 5.40. The minimum absolute atomic E-state index is 0.175. The van der Waals surface area contributed by atoms with Gasteiger partial charge in [-0.1, -0.05) is 0 Å². The third kappa shape index (κ3) is 6.32. The summed E-state index contributed by atoms with van der Waals surface area (Å²) in [6.07, 6.45) is 3.00. The van der Waals surface area contributed by atoms with Crippen LogP contribution in [0.4, 0.5) is 0 Å². The van der Waals surface area contributed by atoms with Crippen molar-refractivity contribution in [2.75, 3.05) is 32.9 Å². The molecule has 0 aromatic heterocycles. The molecule has 0 aromatic rings. The van der Waals surface area contributed by atoms with E-state index in [1.54, 1.807) is 0 Å². The van der Waals surface area contributed by atoms with Gasteiger partial charge in [-0.15, -0.1) is 0 Å². The minimum atomic E-state index is -0.637. The van der Waals surface area contributed by atoms with Gasteiger partial charge >= 0.3 is 0 Å². The lowest BCUT2D eigenvalue weighted by atomic mass is 10.3. The Morgan fingerprint density at radius 2 is 2.21 bits per heavy atom. The molecule has 84 valence electrons. The fraction of sp³-hybridized carbons (Fsp3) is 1.00. The fourth-order valence-electron chi connectivity index (χ4n) is 1.17. The van der Waals surface area contributed by atoms with E-state index in [4.69, 9.17) is 14.9 Å². The summed E-state index contributed by atoms with van der Waals surface area (Å²) < 4.78 is 5.44. The van der Waals surface area contributed by atoms with Crippen molar-refractivity contribution >= 4 is 0 Å². The third-order valence-corrected chi connectivity index (χ3v) is 2.28. The zero-order valence-electron chi connectivity index (χ0n) is 8.61. The van der Waals surface area contributed by atoms with Crippen LogP contribution < -0.4 is 5.32 Å². The van der Waals surface area contributed by atoms with Crippen LogP contribution in [-0.4, -0.2) is 49.2 Å². The van der Waals surface area contributed by atoms with E-state index < -0.39 is 6.10 Å². The van der Waals surface area contributed by atoms with Crippen LogP contribution in [0.2, 0.25) is 0 Å². The first kappa shape index (κ1) is 11.9. The largest absolute Gasteiger partial charge is 0.394 e. The standard InChI is InChI=1S/C10H21NO3/c12-7-10(13)6-11-4-1-5-14-8-9-2-3-9/h9-13H,1-8H2/t10-/m0/s1. The summed E-state index contributed by atoms with van der Waals surface area (Å²) in [5.74, 6) is 0.833. The Morgan fingerprint density at radius 3 is 2.86 bits per heavy atom. The summed E-state index contributed by atoms with van der Waals surface area (Å²) >= 11 is 0. The van der Waals surface area contributed by atoms with Crippen LogP contribution >= 0.6 is 0 Å². The second-order valence-corrected chi connectivity index (χ2v) is 3.91. The van der Waals surface area contributed by atoms with Crippen molar-refractivity contribution in [3.63, 3.8) is 0 Å². The van der Waals surface area contributed by atoms with Gasteiger partial charge in [-0.05, 0) is 31.7 Å². The molecule has 4 heteroatoms. The molecule has 0 saturated heterocycles. The number of aliphatic hydroxyl groups is 2. The van der Waals surface area contributed by atoms with E-state index in [0.29, 0.717) is 6.54 Å². The molecule has 0 aliphatic heterocycles. The lowest BCUT2D eigenvalue weighted by molar-refractivity contribution is 0.0920. The van der Waals surface area contributed by atoms with Gasteiger partial charge in [-0.25, -0.2) is 0 Å². The van der Waals surface area contributed by atoms with Gasteiger partial charge in [0.2, 0.25) is 0 Å². The van der Waals surface area contributed by atoms with Crippen molar-refractivity contribution in [3.05, 3.63) is 0 Å². The highest BCUT2D eigenvalue weighted by Gasteiger charge is 2.20. The molecule has 1 aliphatic rings. The van der Waals surface area contributed by atoms with Crippen molar-refractivity contribution in [2.24, 2.45) is 5.92 Å². The number of rotatable bonds is 9. The summed E-state index contributed by atoms with van der Waals surface area (Å²) in [6, 6.07) is 0. The van der Waals surface area contributed by atoms with Gasteiger partial charge in [0.15, 0.2) is 0 Å². The molecule has 14 heavy (non-hydrogen) atoms. The van der Waals surface area contributed by atoms with Gasteiger partial charge < -0.3 is 20.3 Å². The molecule has 0 radical (unpaired) electrons. The Hall–Kier alpha value is -0.160. The normalized spacial score (nSPS) is 18.4. The molecule has 1 rings (SSSR count). The molecule has 0 unspecified atom stereocenters.